The number of aryl methyl sites for hydroxylation is 1. The van der Waals surface area contributed by atoms with Gasteiger partial charge in [0.2, 0.25) is 0 Å². The van der Waals surface area contributed by atoms with E-state index in [0.717, 1.165) is 30.6 Å². The zero-order valence-corrected chi connectivity index (χ0v) is 21.0. The lowest BCUT2D eigenvalue weighted by atomic mass is 9.88. The lowest BCUT2D eigenvalue weighted by molar-refractivity contribution is 0.102. The van der Waals surface area contributed by atoms with Gasteiger partial charge in [-0.2, -0.15) is 0 Å². The van der Waals surface area contributed by atoms with Gasteiger partial charge in [0.05, 0.1) is 10.0 Å². The predicted molar refractivity (Wildman–Crippen MR) is 140 cm³/mol. The summed E-state index contributed by atoms with van der Waals surface area (Å²) in [6.45, 7) is 2.70. The van der Waals surface area contributed by atoms with Crippen molar-refractivity contribution in [2.75, 3.05) is 18.9 Å². The lowest BCUT2D eigenvalue weighted by Crippen LogP contribution is -2.33. The third kappa shape index (κ3) is 4.59. The first kappa shape index (κ1) is 23.6. The minimum Gasteiger partial charge on any atom is -0.360 e. The van der Waals surface area contributed by atoms with E-state index in [1.165, 1.54) is 11.1 Å². The molecule has 2 heterocycles. The SMILES string of the molecule is Cc1onc(-c2c(Cl)cccc2Cl)c1C(=O)Nc1ccccc1CC1c2ccccc2CCN1C. The highest BCUT2D eigenvalue weighted by Gasteiger charge is 2.27. The van der Waals surface area contributed by atoms with E-state index in [2.05, 4.69) is 52.8 Å². The van der Waals surface area contributed by atoms with Gasteiger partial charge in [0, 0.05) is 23.8 Å². The number of carbonyl (C=O) groups is 1. The van der Waals surface area contributed by atoms with Crippen molar-refractivity contribution in [2.45, 2.75) is 25.8 Å². The van der Waals surface area contributed by atoms with E-state index < -0.39 is 0 Å². The molecule has 0 radical (unpaired) electrons. The molecular weight excluding hydrogens is 481 g/mol. The van der Waals surface area contributed by atoms with Crippen molar-refractivity contribution in [3.63, 3.8) is 0 Å². The number of hydrogen-bond donors (Lipinski definition) is 1. The summed E-state index contributed by atoms with van der Waals surface area (Å²) in [7, 11) is 2.15. The molecule has 7 heteroatoms. The number of nitrogens with one attached hydrogen (secondary N) is 1. The monoisotopic (exact) mass is 505 g/mol. The second-order valence-electron chi connectivity index (χ2n) is 8.82. The second-order valence-corrected chi connectivity index (χ2v) is 9.63. The zero-order valence-electron chi connectivity index (χ0n) is 19.5. The minimum absolute atomic E-state index is 0.229. The summed E-state index contributed by atoms with van der Waals surface area (Å²) in [5, 5.41) is 8.00. The molecule has 0 saturated heterocycles. The molecule has 1 N–H and O–H groups in total. The fraction of sp³-hybridized carbons (Fsp3) is 0.214. The van der Waals surface area contributed by atoms with Gasteiger partial charge in [-0.05, 0) is 61.7 Å². The zero-order chi connectivity index (χ0) is 24.5. The highest BCUT2D eigenvalue weighted by Crippen LogP contribution is 2.37. The van der Waals surface area contributed by atoms with Crippen molar-refractivity contribution < 1.29 is 9.32 Å². The molecule has 0 fully saturated rings. The number of amides is 1. The molecule has 1 atom stereocenters. The summed E-state index contributed by atoms with van der Waals surface area (Å²) >= 11 is 12.8. The van der Waals surface area contributed by atoms with Gasteiger partial charge in [-0.1, -0.05) is 76.9 Å². The molecule has 1 unspecified atom stereocenters. The van der Waals surface area contributed by atoms with Gasteiger partial charge >= 0.3 is 0 Å². The summed E-state index contributed by atoms with van der Waals surface area (Å²) < 4.78 is 5.39. The second kappa shape index (κ2) is 9.86. The maximum atomic E-state index is 13.5. The van der Waals surface area contributed by atoms with Gasteiger partial charge in [0.25, 0.3) is 5.91 Å². The third-order valence-electron chi connectivity index (χ3n) is 6.65. The van der Waals surface area contributed by atoms with E-state index in [4.69, 9.17) is 27.7 Å². The molecule has 3 aromatic carbocycles. The Labute approximate surface area is 214 Å². The number of anilines is 1. The van der Waals surface area contributed by atoms with Crippen LogP contribution in [0.1, 0.15) is 38.9 Å². The molecule has 0 bridgehead atoms. The van der Waals surface area contributed by atoms with Crippen molar-refractivity contribution in [1.29, 1.82) is 0 Å². The van der Waals surface area contributed by atoms with Crippen molar-refractivity contribution >= 4 is 34.8 Å². The van der Waals surface area contributed by atoms with Crippen LogP contribution in [0.4, 0.5) is 5.69 Å². The van der Waals surface area contributed by atoms with Crippen LogP contribution in [0.25, 0.3) is 11.3 Å². The van der Waals surface area contributed by atoms with Crippen molar-refractivity contribution in [2.24, 2.45) is 0 Å². The van der Waals surface area contributed by atoms with E-state index >= 15 is 0 Å². The molecular formula is C28H25Cl2N3O2. The molecule has 5 rings (SSSR count). The Morgan fingerprint density at radius 2 is 1.77 bits per heavy atom. The number of hydrogen-bond acceptors (Lipinski definition) is 4. The number of halogens is 2. The molecule has 0 saturated carbocycles. The highest BCUT2D eigenvalue weighted by atomic mass is 35.5. The normalized spacial score (nSPS) is 15.6. The number of benzene rings is 3. The number of aromatic nitrogens is 1. The quantitative estimate of drug-likeness (QED) is 0.317. The molecule has 35 heavy (non-hydrogen) atoms. The number of fused-ring (bicyclic) bond motifs is 1. The van der Waals surface area contributed by atoms with E-state index in [-0.39, 0.29) is 11.9 Å². The Kier molecular flexibility index (Phi) is 6.65. The Morgan fingerprint density at radius 3 is 2.57 bits per heavy atom. The largest absolute Gasteiger partial charge is 0.360 e. The molecule has 0 spiro atoms. The molecule has 4 aromatic rings. The molecule has 1 aliphatic heterocycles. The van der Waals surface area contributed by atoms with E-state index in [1.807, 2.05) is 18.2 Å². The average molecular weight is 506 g/mol. The topological polar surface area (TPSA) is 58.4 Å². The summed E-state index contributed by atoms with van der Waals surface area (Å²) in [5.41, 5.74) is 5.66. The molecule has 178 valence electrons. The van der Waals surface area contributed by atoms with E-state index in [9.17, 15) is 4.79 Å². The number of rotatable bonds is 5. The fourth-order valence-corrected chi connectivity index (χ4v) is 5.37. The molecule has 1 amide bonds. The molecule has 5 nitrogen and oxygen atoms in total. The van der Waals surface area contributed by atoms with Crippen LogP contribution < -0.4 is 5.32 Å². The van der Waals surface area contributed by atoms with Crippen LogP contribution in [0.2, 0.25) is 10.0 Å². The first-order chi connectivity index (χ1) is 16.9. The van der Waals surface area contributed by atoms with Crippen molar-refractivity contribution in [3.05, 3.63) is 105 Å². The molecule has 0 aliphatic carbocycles. The van der Waals surface area contributed by atoms with Gasteiger partial charge in [-0.25, -0.2) is 0 Å². The first-order valence-corrected chi connectivity index (χ1v) is 12.3. The maximum absolute atomic E-state index is 13.5. The minimum atomic E-state index is -0.320. The smallest absolute Gasteiger partial charge is 0.261 e. The van der Waals surface area contributed by atoms with Crippen LogP contribution in [-0.2, 0) is 12.8 Å². The molecule has 1 aromatic heterocycles. The maximum Gasteiger partial charge on any atom is 0.261 e. The van der Waals surface area contributed by atoms with Crippen LogP contribution in [0.15, 0.2) is 71.3 Å². The van der Waals surface area contributed by atoms with Crippen LogP contribution in [0.5, 0.6) is 0 Å². The number of carbonyl (C=O) groups excluding carboxylic acids is 1. The number of nitrogens with zero attached hydrogens (tertiary/aromatic N) is 2. The van der Waals surface area contributed by atoms with Crippen LogP contribution in [-0.4, -0.2) is 29.6 Å². The van der Waals surface area contributed by atoms with Crippen molar-refractivity contribution in [1.82, 2.24) is 10.1 Å². The Bertz CT molecular complexity index is 1380. The third-order valence-corrected chi connectivity index (χ3v) is 7.28. The molecule has 1 aliphatic rings. The summed E-state index contributed by atoms with van der Waals surface area (Å²) in [6.07, 6.45) is 1.82. The van der Waals surface area contributed by atoms with Gasteiger partial charge in [-0.15, -0.1) is 0 Å². The predicted octanol–water partition coefficient (Wildman–Crippen LogP) is 6.98. The van der Waals surface area contributed by atoms with E-state index in [0.29, 0.717) is 32.6 Å². The highest BCUT2D eigenvalue weighted by molar-refractivity contribution is 6.39. The Morgan fingerprint density at radius 1 is 1.06 bits per heavy atom. The number of likely N-dealkylation sites (N-methyl/N-ethyl adjacent to an activating group) is 1. The fourth-order valence-electron chi connectivity index (χ4n) is 4.79. The number of para-hydroxylation sites is 1. The van der Waals surface area contributed by atoms with Gasteiger partial charge in [0.15, 0.2) is 0 Å². The van der Waals surface area contributed by atoms with Crippen molar-refractivity contribution in [3.8, 4) is 11.3 Å². The van der Waals surface area contributed by atoms with Crippen LogP contribution in [0, 0.1) is 6.92 Å². The van der Waals surface area contributed by atoms with Gasteiger partial charge < -0.3 is 9.84 Å². The summed E-state index contributed by atoms with van der Waals surface area (Å²) in [6, 6.07) is 21.9. The Balaban J connectivity index is 1.46. The van der Waals surface area contributed by atoms with E-state index in [1.54, 1.807) is 25.1 Å². The van der Waals surface area contributed by atoms with Crippen LogP contribution in [0.3, 0.4) is 0 Å². The lowest BCUT2D eigenvalue weighted by Gasteiger charge is -2.35. The van der Waals surface area contributed by atoms with Gasteiger partial charge in [0.1, 0.15) is 17.0 Å². The summed E-state index contributed by atoms with van der Waals surface area (Å²) in [4.78, 5) is 15.9. The first-order valence-electron chi connectivity index (χ1n) is 11.5. The standard InChI is InChI=1S/C28H25Cl2N3O2/c1-17-25(27(32-35-17)26-21(29)11-7-12-22(26)30)28(34)31-23-13-6-4-9-19(23)16-24-20-10-5-3-8-18(20)14-15-33(24)2/h3-13,24H,14-16H2,1-2H3,(H,31,34). The van der Waals surface area contributed by atoms with Gasteiger partial charge in [-0.3, -0.25) is 9.69 Å². The van der Waals surface area contributed by atoms with Crippen LogP contribution >= 0.6 is 23.2 Å². The summed E-state index contributed by atoms with van der Waals surface area (Å²) in [5.74, 6) is 0.0755. The Hall–Kier alpha value is -3.12. The average Bonchev–Trinajstić information content (AvgIpc) is 3.23.